The van der Waals surface area contributed by atoms with Crippen molar-refractivity contribution in [3.05, 3.63) is 29.8 Å². The fourth-order valence-electron chi connectivity index (χ4n) is 6.47. The standard InChI is InChI=1S/C19H24N2/c1-2-18-9-5-12-21-13-11-19(17(18)21)14-6-3-4-7-15(14)20-16(19)8-10-18/h6-7,16-17,20H,2,5,8-13H2,1H3/t16-,17-,18-,19-/m1/s1. The summed E-state index contributed by atoms with van der Waals surface area (Å²) in [5, 5.41) is 3.85. The summed E-state index contributed by atoms with van der Waals surface area (Å²) in [6.07, 6.45) is 8.28. The third kappa shape index (κ3) is 1.34. The molecule has 1 spiro atoms. The molecule has 3 fully saturated rings. The molecule has 1 saturated carbocycles. The Morgan fingerprint density at radius 3 is 3.05 bits per heavy atom. The van der Waals surface area contributed by atoms with Crippen LogP contribution >= 0.6 is 0 Å². The molecule has 2 heteroatoms. The smallest absolute Gasteiger partial charge is 0.0388 e. The van der Waals surface area contributed by atoms with Gasteiger partial charge in [-0.25, -0.2) is 0 Å². The minimum atomic E-state index is 0.357. The molecule has 3 heterocycles. The van der Waals surface area contributed by atoms with Gasteiger partial charge in [0.1, 0.15) is 0 Å². The van der Waals surface area contributed by atoms with Crippen LogP contribution in [0.25, 0.3) is 0 Å². The van der Waals surface area contributed by atoms with Gasteiger partial charge in [-0.05, 0) is 86.9 Å². The summed E-state index contributed by atoms with van der Waals surface area (Å²) in [5.41, 5.74) is 3.82. The lowest BCUT2D eigenvalue weighted by molar-refractivity contribution is -0.0309. The third-order valence-corrected chi connectivity index (χ3v) is 7.26. The largest absolute Gasteiger partial charge is 0.381 e. The molecule has 0 unspecified atom stereocenters. The molecule has 1 N–H and O–H groups in total. The molecule has 21 heavy (non-hydrogen) atoms. The summed E-state index contributed by atoms with van der Waals surface area (Å²) >= 11 is 0. The summed E-state index contributed by atoms with van der Waals surface area (Å²) in [6.45, 7) is 5.05. The van der Waals surface area contributed by atoms with E-state index in [0.717, 1.165) is 6.04 Å². The van der Waals surface area contributed by atoms with Crippen LogP contribution in [0.5, 0.6) is 0 Å². The molecular formula is C19H24N2. The van der Waals surface area contributed by atoms with E-state index < -0.39 is 0 Å². The van der Waals surface area contributed by atoms with Crippen molar-refractivity contribution >= 4 is 5.69 Å². The predicted molar refractivity (Wildman–Crippen MR) is 84.4 cm³/mol. The lowest BCUT2D eigenvalue weighted by Crippen LogP contribution is -2.63. The summed E-state index contributed by atoms with van der Waals surface area (Å²) in [5.74, 6) is 0. The van der Waals surface area contributed by atoms with Gasteiger partial charge in [0.2, 0.25) is 0 Å². The molecule has 1 aliphatic carbocycles. The molecule has 1 aromatic rings. The second kappa shape index (κ2) is 4.04. The van der Waals surface area contributed by atoms with E-state index in [9.17, 15) is 0 Å². The van der Waals surface area contributed by atoms with Crippen LogP contribution in [-0.2, 0) is 5.41 Å². The van der Waals surface area contributed by atoms with Crippen molar-refractivity contribution in [2.45, 2.75) is 62.9 Å². The normalized spacial score (nSPS) is 43.9. The lowest BCUT2D eigenvalue weighted by Gasteiger charge is -2.58. The van der Waals surface area contributed by atoms with Crippen LogP contribution in [0.15, 0.2) is 12.1 Å². The van der Waals surface area contributed by atoms with Gasteiger partial charge in [-0.15, -0.1) is 0 Å². The van der Waals surface area contributed by atoms with Gasteiger partial charge in [0.15, 0.2) is 0 Å². The molecule has 110 valence electrons. The number of nitrogens with zero attached hydrogens (tertiary/aromatic N) is 1. The van der Waals surface area contributed by atoms with Crippen molar-refractivity contribution in [3.8, 4) is 0 Å². The number of hydrogen-bond donors (Lipinski definition) is 1. The summed E-state index contributed by atoms with van der Waals surface area (Å²) in [4.78, 5) is 2.84. The Bertz CT molecular complexity index is 583. The highest BCUT2D eigenvalue weighted by Crippen LogP contribution is 2.63. The number of nitrogens with one attached hydrogen (secondary N) is 1. The number of hydrogen-bond acceptors (Lipinski definition) is 2. The van der Waals surface area contributed by atoms with E-state index in [1.54, 1.807) is 5.56 Å². The molecule has 0 amide bonds. The first kappa shape index (κ1) is 12.5. The van der Waals surface area contributed by atoms with E-state index in [0.29, 0.717) is 16.9 Å². The number of benzene rings is 1. The first-order chi connectivity index (χ1) is 10.3. The van der Waals surface area contributed by atoms with E-state index in [2.05, 4.69) is 41.4 Å². The monoisotopic (exact) mass is 280 g/mol. The Hall–Kier alpha value is -1.02. The van der Waals surface area contributed by atoms with Crippen LogP contribution in [0.2, 0.25) is 0 Å². The first-order valence-electron chi connectivity index (χ1n) is 8.73. The Kier molecular flexibility index (Phi) is 2.41. The van der Waals surface area contributed by atoms with Crippen molar-refractivity contribution in [2.75, 3.05) is 18.4 Å². The molecule has 0 bridgehead atoms. The zero-order valence-electron chi connectivity index (χ0n) is 12.9. The van der Waals surface area contributed by atoms with E-state index in [-0.39, 0.29) is 0 Å². The summed E-state index contributed by atoms with van der Waals surface area (Å²) in [6, 6.07) is 12.2. The number of piperidine rings is 1. The van der Waals surface area contributed by atoms with Gasteiger partial charge in [-0.3, -0.25) is 4.90 Å². The number of anilines is 1. The highest BCUT2D eigenvalue weighted by atomic mass is 15.2. The fourth-order valence-corrected chi connectivity index (χ4v) is 6.47. The molecule has 4 aliphatic rings. The van der Waals surface area contributed by atoms with Crippen LogP contribution in [0, 0.1) is 17.5 Å². The summed E-state index contributed by atoms with van der Waals surface area (Å²) < 4.78 is 0. The second-order valence-corrected chi connectivity index (χ2v) is 7.69. The lowest BCUT2D eigenvalue weighted by atomic mass is 9.52. The molecule has 1 aromatic carbocycles. The topological polar surface area (TPSA) is 15.3 Å². The molecular weight excluding hydrogens is 256 g/mol. The van der Waals surface area contributed by atoms with Gasteiger partial charge >= 0.3 is 0 Å². The zero-order chi connectivity index (χ0) is 14.1. The average molecular weight is 280 g/mol. The van der Waals surface area contributed by atoms with Crippen LogP contribution < -0.4 is 5.32 Å². The van der Waals surface area contributed by atoms with Gasteiger partial charge in [0.05, 0.1) is 0 Å². The number of fused-ring (bicyclic) bond motifs is 1. The van der Waals surface area contributed by atoms with E-state index in [1.165, 1.54) is 57.3 Å². The fraction of sp³-hybridized carbons (Fsp3) is 0.684. The van der Waals surface area contributed by atoms with Crippen molar-refractivity contribution in [2.24, 2.45) is 5.41 Å². The van der Waals surface area contributed by atoms with E-state index in [1.807, 2.05) is 0 Å². The van der Waals surface area contributed by atoms with Gasteiger partial charge in [-0.2, -0.15) is 0 Å². The third-order valence-electron chi connectivity index (χ3n) is 7.26. The van der Waals surface area contributed by atoms with Crippen molar-refractivity contribution in [3.63, 3.8) is 0 Å². The Balaban J connectivity index is 1.72. The SMILES string of the molecule is CC[C@@]12CCCN3CC[C@]4(c5c[c][c]cc5N[C@@H]4CC1)[C@H]32. The maximum absolute atomic E-state index is 3.85. The Morgan fingerprint density at radius 1 is 1.24 bits per heavy atom. The quantitative estimate of drug-likeness (QED) is 0.848. The maximum Gasteiger partial charge on any atom is 0.0388 e. The van der Waals surface area contributed by atoms with Gasteiger partial charge < -0.3 is 5.32 Å². The number of rotatable bonds is 1. The summed E-state index contributed by atoms with van der Waals surface area (Å²) in [7, 11) is 0. The van der Waals surface area contributed by atoms with Crippen molar-refractivity contribution in [1.82, 2.24) is 4.90 Å². The average Bonchev–Trinajstić information content (AvgIpc) is 3.08. The predicted octanol–water partition coefficient (Wildman–Crippen LogP) is 3.38. The molecule has 2 radical (unpaired) electrons. The first-order valence-corrected chi connectivity index (χ1v) is 8.73. The molecule has 3 aliphatic heterocycles. The van der Waals surface area contributed by atoms with Gasteiger partial charge in [-0.1, -0.05) is 6.92 Å². The molecule has 4 atom stereocenters. The van der Waals surface area contributed by atoms with Crippen LogP contribution in [-0.4, -0.2) is 30.1 Å². The van der Waals surface area contributed by atoms with Gasteiger partial charge in [0, 0.05) is 23.2 Å². The second-order valence-electron chi connectivity index (χ2n) is 7.69. The van der Waals surface area contributed by atoms with Crippen molar-refractivity contribution in [1.29, 1.82) is 0 Å². The van der Waals surface area contributed by atoms with Crippen molar-refractivity contribution < 1.29 is 0 Å². The molecule has 2 saturated heterocycles. The highest BCUT2D eigenvalue weighted by molar-refractivity contribution is 5.64. The van der Waals surface area contributed by atoms with E-state index >= 15 is 0 Å². The maximum atomic E-state index is 3.85. The Morgan fingerprint density at radius 2 is 2.14 bits per heavy atom. The minimum absolute atomic E-state index is 0.357. The molecule has 5 rings (SSSR count). The van der Waals surface area contributed by atoms with E-state index in [4.69, 9.17) is 0 Å². The van der Waals surface area contributed by atoms with Gasteiger partial charge in [0.25, 0.3) is 0 Å². The minimum Gasteiger partial charge on any atom is -0.381 e. The van der Waals surface area contributed by atoms with Crippen LogP contribution in [0.1, 0.15) is 51.0 Å². The zero-order valence-corrected chi connectivity index (χ0v) is 12.9. The highest BCUT2D eigenvalue weighted by Gasteiger charge is 2.65. The van der Waals surface area contributed by atoms with Crippen LogP contribution in [0.3, 0.4) is 0 Å². The Labute approximate surface area is 127 Å². The molecule has 0 aromatic heterocycles. The molecule has 2 nitrogen and oxygen atoms in total. The van der Waals surface area contributed by atoms with Crippen LogP contribution in [0.4, 0.5) is 5.69 Å².